The Morgan fingerprint density at radius 3 is 2.16 bits per heavy atom. The predicted molar refractivity (Wildman–Crippen MR) is 80.6 cm³/mol. The van der Waals surface area contributed by atoms with Gasteiger partial charge in [-0.1, -0.05) is 24.3 Å². The largest absolute Gasteiger partial charge is 0.486 e. The van der Waals surface area contributed by atoms with Gasteiger partial charge in [-0.25, -0.2) is 0 Å². The number of benzene rings is 2. The summed E-state index contributed by atoms with van der Waals surface area (Å²) in [5.41, 5.74) is 12.7. The molecule has 0 radical (unpaired) electrons. The van der Waals surface area contributed by atoms with E-state index >= 15 is 0 Å². The average Bonchev–Trinajstić information content (AvgIpc) is 2.31. The molecule has 0 heterocycles. The van der Waals surface area contributed by atoms with Crippen molar-refractivity contribution in [1.29, 1.82) is 0 Å². The van der Waals surface area contributed by atoms with E-state index in [1.807, 2.05) is 19.9 Å². The maximum atomic E-state index is 6.04. The predicted octanol–water partition coefficient (Wildman–Crippen LogP) is 4.08. The number of hydrogen-bond donors (Lipinski definition) is 1. The number of hydrogen-bond acceptors (Lipinski definition) is 2. The Kier molecular flexibility index (Phi) is 3.79. The molecule has 2 nitrogen and oxygen atoms in total. The van der Waals surface area contributed by atoms with E-state index in [9.17, 15) is 0 Å². The molecule has 0 amide bonds. The molecule has 0 saturated carbocycles. The van der Waals surface area contributed by atoms with Crippen LogP contribution in [-0.2, 0) is 6.61 Å². The summed E-state index contributed by atoms with van der Waals surface area (Å²) < 4.78 is 5.95. The molecule has 0 spiro atoms. The number of rotatable bonds is 3. The normalized spacial score (nSPS) is 10.5. The van der Waals surface area contributed by atoms with Crippen LogP contribution in [0.2, 0.25) is 0 Å². The third-order valence-electron chi connectivity index (χ3n) is 3.45. The van der Waals surface area contributed by atoms with Gasteiger partial charge in [0.15, 0.2) is 0 Å². The highest BCUT2D eigenvalue weighted by atomic mass is 16.5. The lowest BCUT2D eigenvalue weighted by Gasteiger charge is -2.15. The first-order valence-corrected chi connectivity index (χ1v) is 6.53. The van der Waals surface area contributed by atoms with Crippen LogP contribution in [0, 0.1) is 27.7 Å². The van der Waals surface area contributed by atoms with Crippen LogP contribution in [0.15, 0.2) is 30.3 Å². The van der Waals surface area contributed by atoms with Crippen LogP contribution in [-0.4, -0.2) is 0 Å². The molecule has 0 atom stereocenters. The van der Waals surface area contributed by atoms with Crippen molar-refractivity contribution in [1.82, 2.24) is 0 Å². The van der Waals surface area contributed by atoms with Crippen molar-refractivity contribution >= 4 is 5.69 Å². The summed E-state index contributed by atoms with van der Waals surface area (Å²) >= 11 is 0. The molecular weight excluding hydrogens is 234 g/mol. The zero-order chi connectivity index (χ0) is 14.0. The van der Waals surface area contributed by atoms with Crippen molar-refractivity contribution in [2.75, 3.05) is 5.73 Å². The molecule has 0 bridgehead atoms. The maximum Gasteiger partial charge on any atom is 0.145 e. The number of nitrogen functional groups attached to an aromatic ring is 1. The summed E-state index contributed by atoms with van der Waals surface area (Å²) in [5, 5.41) is 0. The number of ether oxygens (including phenoxy) is 1. The van der Waals surface area contributed by atoms with Gasteiger partial charge in [0.25, 0.3) is 0 Å². The first-order valence-electron chi connectivity index (χ1n) is 6.53. The fourth-order valence-corrected chi connectivity index (χ4v) is 2.41. The molecule has 0 aliphatic carbocycles. The lowest BCUT2D eigenvalue weighted by atomic mass is 10.0. The highest BCUT2D eigenvalue weighted by molar-refractivity contribution is 5.58. The standard InChI is InChI=1S/C17H21NO/c1-11-8-14(4)17(16(18)9-11)19-10-15-12(2)6-5-7-13(15)3/h5-9H,10,18H2,1-4H3. The lowest BCUT2D eigenvalue weighted by Crippen LogP contribution is -2.04. The van der Waals surface area contributed by atoms with Crippen LogP contribution in [0.25, 0.3) is 0 Å². The molecule has 2 heteroatoms. The summed E-state index contributed by atoms with van der Waals surface area (Å²) in [5.74, 6) is 0.799. The van der Waals surface area contributed by atoms with E-state index in [1.54, 1.807) is 0 Å². The zero-order valence-corrected chi connectivity index (χ0v) is 12.1. The van der Waals surface area contributed by atoms with E-state index < -0.39 is 0 Å². The molecule has 0 unspecified atom stereocenters. The van der Waals surface area contributed by atoms with Gasteiger partial charge in [0.1, 0.15) is 12.4 Å². The molecule has 0 aromatic heterocycles. The van der Waals surface area contributed by atoms with Gasteiger partial charge in [-0.3, -0.25) is 0 Å². The second-order valence-electron chi connectivity index (χ2n) is 5.16. The second kappa shape index (κ2) is 5.35. The van der Waals surface area contributed by atoms with E-state index in [0.717, 1.165) is 16.9 Å². The summed E-state index contributed by atoms with van der Waals surface area (Å²) in [6, 6.07) is 10.3. The zero-order valence-electron chi connectivity index (χ0n) is 12.1. The van der Waals surface area contributed by atoms with Crippen LogP contribution in [0.1, 0.15) is 27.8 Å². The Bertz CT molecular complexity index is 559. The molecule has 2 N–H and O–H groups in total. The fraction of sp³-hybridized carbons (Fsp3) is 0.294. The minimum Gasteiger partial charge on any atom is -0.486 e. The van der Waals surface area contributed by atoms with Crippen molar-refractivity contribution in [3.05, 3.63) is 58.1 Å². The minimum absolute atomic E-state index is 0.562. The Balaban J connectivity index is 2.24. The molecule has 19 heavy (non-hydrogen) atoms. The highest BCUT2D eigenvalue weighted by Gasteiger charge is 2.08. The maximum absolute atomic E-state index is 6.04. The molecule has 0 saturated heterocycles. The van der Waals surface area contributed by atoms with Gasteiger partial charge in [0, 0.05) is 0 Å². The van der Waals surface area contributed by atoms with E-state index in [0.29, 0.717) is 12.3 Å². The Morgan fingerprint density at radius 1 is 0.947 bits per heavy atom. The minimum atomic E-state index is 0.562. The van der Waals surface area contributed by atoms with Crippen molar-refractivity contribution < 1.29 is 4.74 Å². The highest BCUT2D eigenvalue weighted by Crippen LogP contribution is 2.29. The molecule has 2 rings (SSSR count). The number of nitrogens with two attached hydrogens (primary N) is 1. The summed E-state index contributed by atoms with van der Waals surface area (Å²) in [6.45, 7) is 8.85. The van der Waals surface area contributed by atoms with Gasteiger partial charge in [0.2, 0.25) is 0 Å². The van der Waals surface area contributed by atoms with Crippen molar-refractivity contribution in [3.8, 4) is 5.75 Å². The van der Waals surface area contributed by atoms with Gasteiger partial charge in [-0.15, -0.1) is 0 Å². The monoisotopic (exact) mass is 255 g/mol. The first kappa shape index (κ1) is 13.5. The molecule has 2 aromatic rings. The van der Waals surface area contributed by atoms with E-state index in [2.05, 4.69) is 38.1 Å². The van der Waals surface area contributed by atoms with Gasteiger partial charge in [-0.05, 0) is 61.6 Å². The van der Waals surface area contributed by atoms with Crippen LogP contribution < -0.4 is 10.5 Å². The Morgan fingerprint density at radius 2 is 1.58 bits per heavy atom. The summed E-state index contributed by atoms with van der Waals surface area (Å²) in [4.78, 5) is 0. The Labute approximate surface area is 115 Å². The van der Waals surface area contributed by atoms with Crippen LogP contribution in [0.5, 0.6) is 5.75 Å². The molecule has 2 aromatic carbocycles. The van der Waals surface area contributed by atoms with E-state index in [4.69, 9.17) is 10.5 Å². The third kappa shape index (κ3) is 2.90. The smallest absolute Gasteiger partial charge is 0.145 e. The van der Waals surface area contributed by atoms with E-state index in [1.165, 1.54) is 16.7 Å². The van der Waals surface area contributed by atoms with Gasteiger partial charge in [-0.2, -0.15) is 0 Å². The van der Waals surface area contributed by atoms with Crippen molar-refractivity contribution in [2.24, 2.45) is 0 Å². The third-order valence-corrected chi connectivity index (χ3v) is 3.45. The summed E-state index contributed by atoms with van der Waals surface area (Å²) in [6.07, 6.45) is 0. The van der Waals surface area contributed by atoms with Gasteiger partial charge >= 0.3 is 0 Å². The first-order chi connectivity index (χ1) is 8.99. The van der Waals surface area contributed by atoms with Gasteiger partial charge < -0.3 is 10.5 Å². The fourth-order valence-electron chi connectivity index (χ4n) is 2.41. The van der Waals surface area contributed by atoms with Crippen molar-refractivity contribution in [2.45, 2.75) is 34.3 Å². The van der Waals surface area contributed by atoms with Crippen LogP contribution >= 0.6 is 0 Å². The van der Waals surface area contributed by atoms with E-state index in [-0.39, 0.29) is 0 Å². The average molecular weight is 255 g/mol. The van der Waals surface area contributed by atoms with Crippen LogP contribution in [0.3, 0.4) is 0 Å². The summed E-state index contributed by atoms with van der Waals surface area (Å²) in [7, 11) is 0. The molecular formula is C17H21NO. The molecule has 0 fully saturated rings. The SMILES string of the molecule is Cc1cc(C)c(OCc2c(C)cccc2C)c(N)c1. The number of aryl methyl sites for hydroxylation is 4. The quantitative estimate of drug-likeness (QED) is 0.839. The molecule has 0 aliphatic rings. The molecule has 0 aliphatic heterocycles. The Hall–Kier alpha value is -1.96. The van der Waals surface area contributed by atoms with Crippen molar-refractivity contribution in [3.63, 3.8) is 0 Å². The molecule has 100 valence electrons. The topological polar surface area (TPSA) is 35.2 Å². The lowest BCUT2D eigenvalue weighted by molar-refractivity contribution is 0.304. The van der Waals surface area contributed by atoms with Gasteiger partial charge in [0.05, 0.1) is 5.69 Å². The van der Waals surface area contributed by atoms with Crippen LogP contribution in [0.4, 0.5) is 5.69 Å². The number of anilines is 1. The second-order valence-corrected chi connectivity index (χ2v) is 5.16.